The second kappa shape index (κ2) is 9.33. The van der Waals surface area contributed by atoms with E-state index in [1.165, 1.54) is 22.7 Å². The summed E-state index contributed by atoms with van der Waals surface area (Å²) in [6.45, 7) is 0. The standard InChI is InChI=1S/C28H18N4O2S2/c33-25(23-15-35-27(29-23)21-13-5-9-17-7-1-3-11-19(17)21)31-32-26(34)24-16-36-28(30-24)22-14-6-10-18-8-2-4-12-20(18)22/h1-16H,(H,31,33)(H,32,34). The van der Waals surface area contributed by atoms with Gasteiger partial charge >= 0.3 is 0 Å². The number of amides is 2. The molecule has 0 spiro atoms. The summed E-state index contributed by atoms with van der Waals surface area (Å²) >= 11 is 2.77. The molecule has 174 valence electrons. The smallest absolute Gasteiger partial charge is 0.266 e. The maximum atomic E-state index is 12.7. The van der Waals surface area contributed by atoms with Crippen LogP contribution in [0.2, 0.25) is 0 Å². The van der Waals surface area contributed by atoms with Crippen LogP contribution >= 0.6 is 22.7 Å². The Labute approximate surface area is 214 Å². The Morgan fingerprint density at radius 2 is 0.972 bits per heavy atom. The van der Waals surface area contributed by atoms with E-state index in [0.717, 1.165) is 42.7 Å². The lowest BCUT2D eigenvalue weighted by Gasteiger charge is -2.05. The van der Waals surface area contributed by atoms with E-state index in [1.807, 2.05) is 84.9 Å². The number of benzene rings is 4. The van der Waals surface area contributed by atoms with E-state index in [9.17, 15) is 9.59 Å². The highest BCUT2D eigenvalue weighted by atomic mass is 32.1. The number of hydrogen-bond donors (Lipinski definition) is 2. The van der Waals surface area contributed by atoms with E-state index < -0.39 is 11.8 Å². The molecule has 0 atom stereocenters. The van der Waals surface area contributed by atoms with Gasteiger partial charge in [-0.3, -0.25) is 20.4 Å². The number of rotatable bonds is 4. The van der Waals surface area contributed by atoms with E-state index in [0.29, 0.717) is 0 Å². The van der Waals surface area contributed by atoms with E-state index >= 15 is 0 Å². The summed E-state index contributed by atoms with van der Waals surface area (Å²) in [6.07, 6.45) is 0. The van der Waals surface area contributed by atoms with Crippen LogP contribution < -0.4 is 10.9 Å². The monoisotopic (exact) mass is 506 g/mol. The molecular formula is C28H18N4O2S2. The van der Waals surface area contributed by atoms with Crippen molar-refractivity contribution in [2.24, 2.45) is 0 Å². The average Bonchev–Trinajstić information content (AvgIpc) is 3.62. The molecule has 6 rings (SSSR count). The van der Waals surface area contributed by atoms with Gasteiger partial charge < -0.3 is 0 Å². The molecule has 4 aromatic carbocycles. The Balaban J connectivity index is 1.16. The van der Waals surface area contributed by atoms with Crippen LogP contribution in [-0.4, -0.2) is 21.8 Å². The van der Waals surface area contributed by atoms with Crippen LogP contribution in [0, 0.1) is 0 Å². The first-order chi connectivity index (χ1) is 17.7. The number of hydrogen-bond acceptors (Lipinski definition) is 6. The van der Waals surface area contributed by atoms with Gasteiger partial charge in [-0.15, -0.1) is 22.7 Å². The van der Waals surface area contributed by atoms with Gasteiger partial charge in [0.05, 0.1) is 0 Å². The van der Waals surface area contributed by atoms with Crippen molar-refractivity contribution in [2.45, 2.75) is 0 Å². The Bertz CT molecular complexity index is 1620. The van der Waals surface area contributed by atoms with Gasteiger partial charge in [-0.2, -0.15) is 0 Å². The summed E-state index contributed by atoms with van der Waals surface area (Å²) < 4.78 is 0. The highest BCUT2D eigenvalue weighted by molar-refractivity contribution is 7.13. The molecule has 6 nitrogen and oxygen atoms in total. The van der Waals surface area contributed by atoms with Gasteiger partial charge in [0.15, 0.2) is 0 Å². The van der Waals surface area contributed by atoms with Crippen LogP contribution in [0.15, 0.2) is 95.7 Å². The minimum Gasteiger partial charge on any atom is -0.266 e. The molecule has 36 heavy (non-hydrogen) atoms. The lowest BCUT2D eigenvalue weighted by atomic mass is 10.1. The molecule has 0 unspecified atom stereocenters. The van der Waals surface area contributed by atoms with Crippen molar-refractivity contribution in [1.29, 1.82) is 0 Å². The zero-order valence-electron chi connectivity index (χ0n) is 18.8. The van der Waals surface area contributed by atoms with Crippen molar-refractivity contribution >= 4 is 56.0 Å². The maximum absolute atomic E-state index is 12.7. The Morgan fingerprint density at radius 1 is 0.556 bits per heavy atom. The fourth-order valence-corrected chi connectivity index (χ4v) is 5.75. The van der Waals surface area contributed by atoms with E-state index in [4.69, 9.17) is 0 Å². The van der Waals surface area contributed by atoms with Gasteiger partial charge in [0, 0.05) is 21.9 Å². The fourth-order valence-electron chi connectivity index (χ4n) is 4.07. The second-order valence-corrected chi connectivity index (χ2v) is 9.75. The molecule has 0 fully saturated rings. The van der Waals surface area contributed by atoms with E-state index in [2.05, 4.69) is 20.8 Å². The largest absolute Gasteiger partial charge is 0.289 e. The van der Waals surface area contributed by atoms with Crippen molar-refractivity contribution in [2.75, 3.05) is 0 Å². The fraction of sp³-hybridized carbons (Fsp3) is 0. The van der Waals surface area contributed by atoms with Gasteiger partial charge in [-0.25, -0.2) is 9.97 Å². The first-order valence-electron chi connectivity index (χ1n) is 11.2. The van der Waals surface area contributed by atoms with Crippen LogP contribution in [0.1, 0.15) is 21.0 Å². The number of hydrazine groups is 1. The lowest BCUT2D eigenvalue weighted by molar-refractivity contribution is 0.0842. The Hall–Kier alpha value is -4.40. The first-order valence-corrected chi connectivity index (χ1v) is 12.9. The molecule has 0 bridgehead atoms. The molecule has 2 N–H and O–H groups in total. The third kappa shape index (κ3) is 4.13. The predicted octanol–water partition coefficient (Wildman–Crippen LogP) is 6.31. The predicted molar refractivity (Wildman–Crippen MR) is 145 cm³/mol. The summed E-state index contributed by atoms with van der Waals surface area (Å²) in [5, 5.41) is 9.19. The van der Waals surface area contributed by atoms with Crippen LogP contribution in [-0.2, 0) is 0 Å². The van der Waals surface area contributed by atoms with E-state index in [1.54, 1.807) is 10.8 Å². The summed E-state index contributed by atoms with van der Waals surface area (Å²) in [7, 11) is 0. The van der Waals surface area contributed by atoms with Crippen LogP contribution in [0.4, 0.5) is 0 Å². The molecule has 0 aliphatic heterocycles. The number of nitrogens with one attached hydrogen (secondary N) is 2. The third-order valence-electron chi connectivity index (χ3n) is 5.80. The third-order valence-corrected chi connectivity index (χ3v) is 7.55. The summed E-state index contributed by atoms with van der Waals surface area (Å²) in [5.74, 6) is -0.980. The maximum Gasteiger partial charge on any atom is 0.289 e. The van der Waals surface area contributed by atoms with Gasteiger partial charge in [-0.05, 0) is 21.5 Å². The molecule has 0 aliphatic carbocycles. The minimum atomic E-state index is -0.490. The minimum absolute atomic E-state index is 0.234. The molecule has 6 aromatic rings. The number of nitrogens with zero attached hydrogens (tertiary/aromatic N) is 2. The van der Waals surface area contributed by atoms with Crippen molar-refractivity contribution in [3.63, 3.8) is 0 Å². The van der Waals surface area contributed by atoms with Crippen molar-refractivity contribution in [3.05, 3.63) is 107 Å². The lowest BCUT2D eigenvalue weighted by Crippen LogP contribution is -2.41. The molecule has 8 heteroatoms. The van der Waals surface area contributed by atoms with Crippen molar-refractivity contribution < 1.29 is 9.59 Å². The number of carbonyl (C=O) groups excluding carboxylic acids is 2. The topological polar surface area (TPSA) is 84.0 Å². The quantitative estimate of drug-likeness (QED) is 0.274. The van der Waals surface area contributed by atoms with Crippen LogP contribution in [0.3, 0.4) is 0 Å². The molecule has 0 aliphatic rings. The van der Waals surface area contributed by atoms with Crippen LogP contribution in [0.25, 0.3) is 42.7 Å². The van der Waals surface area contributed by atoms with Gasteiger partial charge in [0.2, 0.25) is 0 Å². The zero-order chi connectivity index (χ0) is 24.5. The number of carbonyl (C=O) groups is 2. The molecule has 0 radical (unpaired) electrons. The van der Waals surface area contributed by atoms with Gasteiger partial charge in [-0.1, -0.05) is 84.9 Å². The number of aromatic nitrogens is 2. The summed E-state index contributed by atoms with van der Waals surface area (Å²) in [6, 6.07) is 28.1. The van der Waals surface area contributed by atoms with Crippen LogP contribution in [0.5, 0.6) is 0 Å². The Kier molecular flexibility index (Phi) is 5.73. The molecule has 2 amide bonds. The highest BCUT2D eigenvalue weighted by Gasteiger charge is 2.17. The number of fused-ring (bicyclic) bond motifs is 2. The summed E-state index contributed by atoms with van der Waals surface area (Å²) in [5.41, 5.74) is 7.29. The van der Waals surface area contributed by atoms with Gasteiger partial charge in [0.25, 0.3) is 11.8 Å². The molecule has 0 saturated carbocycles. The highest BCUT2D eigenvalue weighted by Crippen LogP contribution is 2.32. The van der Waals surface area contributed by atoms with E-state index in [-0.39, 0.29) is 11.4 Å². The normalized spacial score (nSPS) is 11.0. The number of thiazole rings is 2. The molecular weight excluding hydrogens is 488 g/mol. The average molecular weight is 507 g/mol. The molecule has 2 aromatic heterocycles. The van der Waals surface area contributed by atoms with Crippen molar-refractivity contribution in [1.82, 2.24) is 20.8 Å². The first kappa shape index (κ1) is 22.1. The van der Waals surface area contributed by atoms with Crippen molar-refractivity contribution in [3.8, 4) is 21.1 Å². The SMILES string of the molecule is O=C(NNC(=O)c1csc(-c2cccc3ccccc23)n1)c1csc(-c2cccc3ccccc23)n1. The zero-order valence-corrected chi connectivity index (χ0v) is 20.4. The van der Waals surface area contributed by atoms with Gasteiger partial charge in [0.1, 0.15) is 21.4 Å². The molecule has 0 saturated heterocycles. The Morgan fingerprint density at radius 3 is 1.44 bits per heavy atom. The summed E-state index contributed by atoms with van der Waals surface area (Å²) in [4.78, 5) is 34.3. The molecule has 2 heterocycles. The second-order valence-electron chi connectivity index (χ2n) is 8.04.